The van der Waals surface area contributed by atoms with Crippen molar-refractivity contribution < 1.29 is 4.74 Å². The smallest absolute Gasteiger partial charge is 0.0703 e. The van der Waals surface area contributed by atoms with E-state index in [1.54, 1.807) is 0 Å². The predicted molar refractivity (Wildman–Crippen MR) is 55.8 cm³/mol. The van der Waals surface area contributed by atoms with E-state index < -0.39 is 0 Å². The zero-order valence-corrected chi connectivity index (χ0v) is 8.24. The summed E-state index contributed by atoms with van der Waals surface area (Å²) in [6.07, 6.45) is 6.70. The van der Waals surface area contributed by atoms with Crippen LogP contribution in [-0.2, 0) is 4.74 Å². The second-order valence-corrected chi connectivity index (χ2v) is 3.43. The summed E-state index contributed by atoms with van der Waals surface area (Å²) >= 11 is 0. The van der Waals surface area contributed by atoms with Gasteiger partial charge in [-0.15, -0.1) is 13.2 Å². The lowest BCUT2D eigenvalue weighted by molar-refractivity contribution is 0.0804. The molecule has 0 saturated carbocycles. The van der Waals surface area contributed by atoms with Gasteiger partial charge in [-0.1, -0.05) is 12.2 Å². The fourth-order valence-corrected chi connectivity index (χ4v) is 1.67. The third-order valence-corrected chi connectivity index (χ3v) is 2.26. The number of hydrogen-bond acceptors (Lipinski definition) is 2. The molecule has 0 spiro atoms. The van der Waals surface area contributed by atoms with E-state index >= 15 is 0 Å². The van der Waals surface area contributed by atoms with Gasteiger partial charge in [0.25, 0.3) is 0 Å². The summed E-state index contributed by atoms with van der Waals surface area (Å²) in [5, 5.41) is 0. The van der Waals surface area contributed by atoms with Crippen LogP contribution >= 0.6 is 0 Å². The monoisotopic (exact) mass is 181 g/mol. The van der Waals surface area contributed by atoms with Gasteiger partial charge in [0.15, 0.2) is 0 Å². The molecular formula is C11H19NO. The average molecular weight is 181 g/mol. The third kappa shape index (κ3) is 3.75. The molecular weight excluding hydrogens is 162 g/mol. The van der Waals surface area contributed by atoms with Gasteiger partial charge in [-0.25, -0.2) is 0 Å². The first kappa shape index (κ1) is 10.5. The summed E-state index contributed by atoms with van der Waals surface area (Å²) in [4.78, 5) is 2.30. The van der Waals surface area contributed by atoms with E-state index in [0.29, 0.717) is 6.10 Å². The van der Waals surface area contributed by atoms with Crippen LogP contribution in [0.3, 0.4) is 0 Å². The second-order valence-electron chi connectivity index (χ2n) is 3.43. The van der Waals surface area contributed by atoms with Crippen LogP contribution in [0.25, 0.3) is 0 Å². The van der Waals surface area contributed by atoms with Crippen LogP contribution in [-0.4, -0.2) is 37.2 Å². The zero-order chi connectivity index (χ0) is 9.52. The third-order valence-electron chi connectivity index (χ3n) is 2.26. The minimum atomic E-state index is 0.430. The number of rotatable bonds is 6. The minimum absolute atomic E-state index is 0.430. The second kappa shape index (κ2) is 5.95. The molecule has 0 aromatic rings. The number of hydrogen-bond donors (Lipinski definition) is 0. The molecule has 0 amide bonds. The topological polar surface area (TPSA) is 12.5 Å². The number of nitrogens with zero attached hydrogens (tertiary/aromatic N) is 1. The average Bonchev–Trinajstić information content (AvgIpc) is 2.58. The minimum Gasteiger partial charge on any atom is -0.377 e. The van der Waals surface area contributed by atoms with Crippen molar-refractivity contribution >= 4 is 0 Å². The Balaban J connectivity index is 2.26. The highest BCUT2D eigenvalue weighted by atomic mass is 16.5. The molecule has 1 heterocycles. The Hall–Kier alpha value is -0.600. The highest BCUT2D eigenvalue weighted by molar-refractivity contribution is 4.82. The lowest BCUT2D eigenvalue weighted by Gasteiger charge is -2.22. The van der Waals surface area contributed by atoms with Gasteiger partial charge in [-0.2, -0.15) is 0 Å². The maximum Gasteiger partial charge on any atom is 0.0703 e. The first-order valence-electron chi connectivity index (χ1n) is 4.92. The standard InChI is InChI=1S/C11H19NO/c1-3-7-12(8-4-2)10-11-6-5-9-13-11/h3-4,11H,1-2,5-10H2. The van der Waals surface area contributed by atoms with Crippen LogP contribution in [0, 0.1) is 0 Å². The van der Waals surface area contributed by atoms with Crippen LogP contribution in [0.15, 0.2) is 25.3 Å². The van der Waals surface area contributed by atoms with E-state index in [4.69, 9.17) is 4.74 Å². The van der Waals surface area contributed by atoms with Crippen LogP contribution < -0.4 is 0 Å². The van der Waals surface area contributed by atoms with Crippen molar-refractivity contribution in [3.63, 3.8) is 0 Å². The van der Waals surface area contributed by atoms with Crippen molar-refractivity contribution in [2.24, 2.45) is 0 Å². The molecule has 2 nitrogen and oxygen atoms in total. The van der Waals surface area contributed by atoms with Crippen molar-refractivity contribution in [3.8, 4) is 0 Å². The largest absolute Gasteiger partial charge is 0.377 e. The summed E-state index contributed by atoms with van der Waals surface area (Å²) in [5.74, 6) is 0. The molecule has 0 aromatic carbocycles. The molecule has 1 aliphatic rings. The molecule has 0 bridgehead atoms. The quantitative estimate of drug-likeness (QED) is 0.580. The van der Waals surface area contributed by atoms with Gasteiger partial charge in [0.1, 0.15) is 0 Å². The van der Waals surface area contributed by atoms with Gasteiger partial charge in [0.2, 0.25) is 0 Å². The summed E-state index contributed by atoms with van der Waals surface area (Å²) in [5.41, 5.74) is 0. The maximum absolute atomic E-state index is 5.57. The van der Waals surface area contributed by atoms with Gasteiger partial charge < -0.3 is 4.74 Å². The van der Waals surface area contributed by atoms with Gasteiger partial charge in [0.05, 0.1) is 6.10 Å². The Kier molecular flexibility index (Phi) is 4.79. The first-order chi connectivity index (χ1) is 6.36. The molecule has 1 saturated heterocycles. The summed E-state index contributed by atoms with van der Waals surface area (Å²) in [7, 11) is 0. The molecule has 1 aliphatic heterocycles. The van der Waals surface area contributed by atoms with Crippen molar-refractivity contribution in [1.82, 2.24) is 4.90 Å². The molecule has 13 heavy (non-hydrogen) atoms. The van der Waals surface area contributed by atoms with Gasteiger partial charge >= 0.3 is 0 Å². The first-order valence-corrected chi connectivity index (χ1v) is 4.92. The predicted octanol–water partition coefficient (Wildman–Crippen LogP) is 1.84. The SMILES string of the molecule is C=CCN(CC=C)CC1CCCO1. The normalized spacial score (nSPS) is 22.1. The fourth-order valence-electron chi connectivity index (χ4n) is 1.67. The van der Waals surface area contributed by atoms with E-state index in [-0.39, 0.29) is 0 Å². The van der Waals surface area contributed by atoms with Crippen molar-refractivity contribution in [3.05, 3.63) is 25.3 Å². The summed E-state index contributed by atoms with van der Waals surface area (Å²) in [6.45, 7) is 11.3. The zero-order valence-electron chi connectivity index (χ0n) is 8.24. The molecule has 1 rings (SSSR count). The van der Waals surface area contributed by atoms with E-state index in [9.17, 15) is 0 Å². The maximum atomic E-state index is 5.57. The van der Waals surface area contributed by atoms with Crippen LogP contribution in [0.4, 0.5) is 0 Å². The van der Waals surface area contributed by atoms with Gasteiger partial charge in [-0.3, -0.25) is 4.90 Å². The van der Waals surface area contributed by atoms with Gasteiger partial charge in [0, 0.05) is 26.2 Å². The van der Waals surface area contributed by atoms with Crippen LogP contribution in [0.5, 0.6) is 0 Å². The van der Waals surface area contributed by atoms with Crippen molar-refractivity contribution in [2.75, 3.05) is 26.2 Å². The van der Waals surface area contributed by atoms with E-state index in [1.165, 1.54) is 12.8 Å². The molecule has 0 aliphatic carbocycles. The highest BCUT2D eigenvalue weighted by Crippen LogP contribution is 2.13. The lowest BCUT2D eigenvalue weighted by Crippen LogP contribution is -2.32. The van der Waals surface area contributed by atoms with Gasteiger partial charge in [-0.05, 0) is 12.8 Å². The molecule has 1 unspecified atom stereocenters. The molecule has 74 valence electrons. The summed E-state index contributed by atoms with van der Waals surface area (Å²) < 4.78 is 5.57. The Labute approximate surface area is 80.9 Å². The molecule has 0 N–H and O–H groups in total. The molecule has 0 radical (unpaired) electrons. The van der Waals surface area contributed by atoms with Crippen LogP contribution in [0.2, 0.25) is 0 Å². The van der Waals surface area contributed by atoms with E-state index in [1.807, 2.05) is 12.2 Å². The summed E-state index contributed by atoms with van der Waals surface area (Å²) in [6, 6.07) is 0. The van der Waals surface area contributed by atoms with Crippen LogP contribution in [0.1, 0.15) is 12.8 Å². The Morgan fingerprint density at radius 3 is 2.46 bits per heavy atom. The highest BCUT2D eigenvalue weighted by Gasteiger charge is 2.17. The Bertz CT molecular complexity index is 151. The number of ether oxygens (including phenoxy) is 1. The fraction of sp³-hybridized carbons (Fsp3) is 0.636. The van der Waals surface area contributed by atoms with E-state index in [0.717, 1.165) is 26.2 Å². The molecule has 0 aromatic heterocycles. The lowest BCUT2D eigenvalue weighted by atomic mass is 10.2. The Morgan fingerprint density at radius 1 is 1.31 bits per heavy atom. The molecule has 2 heteroatoms. The van der Waals surface area contributed by atoms with Crippen molar-refractivity contribution in [1.29, 1.82) is 0 Å². The van der Waals surface area contributed by atoms with E-state index in [2.05, 4.69) is 18.1 Å². The molecule has 1 fully saturated rings. The molecule has 1 atom stereocenters. The Morgan fingerprint density at radius 2 is 2.00 bits per heavy atom. The van der Waals surface area contributed by atoms with Crippen molar-refractivity contribution in [2.45, 2.75) is 18.9 Å².